The van der Waals surface area contributed by atoms with Gasteiger partial charge in [-0.15, -0.1) is 0 Å². The summed E-state index contributed by atoms with van der Waals surface area (Å²) < 4.78 is 30.1. The number of benzene rings is 1. The van der Waals surface area contributed by atoms with Crippen molar-refractivity contribution < 1.29 is 13.2 Å². The van der Waals surface area contributed by atoms with E-state index in [4.69, 9.17) is 0 Å². The van der Waals surface area contributed by atoms with Crippen LogP contribution in [0, 0.1) is 0 Å². The number of aryl methyl sites for hydroxylation is 2. The summed E-state index contributed by atoms with van der Waals surface area (Å²) in [6.45, 7) is 2.69. The maximum atomic E-state index is 12.9. The summed E-state index contributed by atoms with van der Waals surface area (Å²) in [4.78, 5) is 19.5. The third-order valence-electron chi connectivity index (χ3n) is 7.32. The quantitative estimate of drug-likeness (QED) is 0.763. The van der Waals surface area contributed by atoms with E-state index in [9.17, 15) is 13.2 Å². The Hall–Kier alpha value is -2.39. The van der Waals surface area contributed by atoms with E-state index in [0.29, 0.717) is 6.54 Å². The van der Waals surface area contributed by atoms with Crippen LogP contribution in [0.15, 0.2) is 17.3 Å². The standard InChI is InChI=1S/C22H27N5O3S/c28-22(24-21-17-5-1-3-14(17)11-15-4-2-6-18(15)21)25-31(29,30)20-13-27-16-7-9-26(10-8-16)12-19(27)23-20/h11,13,16H,1-10,12H2,(H2,24,25,28). The molecule has 1 aromatic heterocycles. The van der Waals surface area contributed by atoms with Crippen molar-refractivity contribution in [3.63, 3.8) is 0 Å². The van der Waals surface area contributed by atoms with E-state index in [1.54, 1.807) is 6.20 Å². The van der Waals surface area contributed by atoms with Gasteiger partial charge in [-0.1, -0.05) is 6.07 Å². The van der Waals surface area contributed by atoms with Crippen LogP contribution < -0.4 is 10.0 Å². The summed E-state index contributed by atoms with van der Waals surface area (Å²) in [6, 6.07) is 1.86. The highest BCUT2D eigenvalue weighted by molar-refractivity contribution is 7.90. The largest absolute Gasteiger partial charge is 0.333 e. The Balaban J connectivity index is 1.25. The average Bonchev–Trinajstić information content (AvgIpc) is 3.45. The number of fused-ring (bicyclic) bond motifs is 4. The number of hydrogen-bond donors (Lipinski definition) is 2. The lowest BCUT2D eigenvalue weighted by Gasteiger charge is -2.26. The number of aromatic nitrogens is 2. The minimum Gasteiger partial charge on any atom is -0.329 e. The smallest absolute Gasteiger partial charge is 0.329 e. The van der Waals surface area contributed by atoms with Crippen molar-refractivity contribution >= 4 is 21.7 Å². The van der Waals surface area contributed by atoms with Gasteiger partial charge in [0.25, 0.3) is 10.0 Å². The highest BCUT2D eigenvalue weighted by atomic mass is 32.2. The van der Waals surface area contributed by atoms with Crippen LogP contribution in [0.3, 0.4) is 0 Å². The van der Waals surface area contributed by atoms with E-state index in [1.807, 2.05) is 4.57 Å². The predicted molar refractivity (Wildman–Crippen MR) is 116 cm³/mol. The number of piperidine rings is 1. The molecule has 1 aromatic carbocycles. The molecule has 2 aromatic rings. The molecule has 2 bridgehead atoms. The fraction of sp³-hybridized carbons (Fsp3) is 0.545. The van der Waals surface area contributed by atoms with Crippen LogP contribution in [0.2, 0.25) is 0 Å². The highest BCUT2D eigenvalue weighted by Crippen LogP contribution is 2.38. The molecule has 1 saturated heterocycles. The SMILES string of the molecule is O=C(Nc1c2c(cc3c1CCC3)CCC2)NS(=O)(=O)c1cn2c(n1)CN1CCC2CC1. The summed E-state index contributed by atoms with van der Waals surface area (Å²) in [5.41, 5.74) is 5.77. The van der Waals surface area contributed by atoms with Crippen LogP contribution in [0.1, 0.15) is 59.8 Å². The second kappa shape index (κ2) is 7.06. The molecular formula is C22H27N5O3S. The van der Waals surface area contributed by atoms with Gasteiger partial charge in [-0.2, -0.15) is 8.42 Å². The molecule has 3 aliphatic heterocycles. The average molecular weight is 442 g/mol. The van der Waals surface area contributed by atoms with Gasteiger partial charge in [-0.25, -0.2) is 14.5 Å². The third kappa shape index (κ3) is 3.25. The molecule has 7 rings (SSSR count). The fourth-order valence-electron chi connectivity index (χ4n) is 5.81. The van der Waals surface area contributed by atoms with E-state index in [2.05, 4.69) is 26.0 Å². The second-order valence-corrected chi connectivity index (χ2v) is 10.8. The van der Waals surface area contributed by atoms with Crippen LogP contribution in [0.25, 0.3) is 0 Å². The number of nitrogens with one attached hydrogen (secondary N) is 2. The molecule has 0 saturated carbocycles. The molecule has 9 heteroatoms. The van der Waals surface area contributed by atoms with Crippen LogP contribution in [-0.2, 0) is 42.3 Å². The zero-order valence-corrected chi connectivity index (χ0v) is 18.3. The van der Waals surface area contributed by atoms with Gasteiger partial charge in [0.2, 0.25) is 0 Å². The van der Waals surface area contributed by atoms with Crippen molar-refractivity contribution in [3.8, 4) is 0 Å². The number of nitrogens with zero attached hydrogens (tertiary/aromatic N) is 3. The first kappa shape index (κ1) is 19.3. The monoisotopic (exact) mass is 441 g/mol. The molecule has 2 amide bonds. The number of hydrogen-bond acceptors (Lipinski definition) is 5. The van der Waals surface area contributed by atoms with Crippen molar-refractivity contribution in [2.24, 2.45) is 0 Å². The molecule has 164 valence electrons. The van der Waals surface area contributed by atoms with Gasteiger partial charge in [0.05, 0.1) is 6.54 Å². The van der Waals surface area contributed by atoms with Crippen molar-refractivity contribution in [2.75, 3.05) is 18.4 Å². The zero-order chi connectivity index (χ0) is 21.2. The maximum absolute atomic E-state index is 12.9. The highest BCUT2D eigenvalue weighted by Gasteiger charge is 2.32. The van der Waals surface area contributed by atoms with E-state index in [0.717, 1.165) is 76.0 Å². The number of rotatable bonds is 3. The predicted octanol–water partition coefficient (Wildman–Crippen LogP) is 2.52. The van der Waals surface area contributed by atoms with Crippen molar-refractivity contribution in [1.82, 2.24) is 19.2 Å². The van der Waals surface area contributed by atoms with Gasteiger partial charge in [0, 0.05) is 31.0 Å². The van der Waals surface area contributed by atoms with E-state index in [1.165, 1.54) is 22.3 Å². The lowest BCUT2D eigenvalue weighted by molar-refractivity contribution is 0.208. The van der Waals surface area contributed by atoms with Crippen molar-refractivity contribution in [1.29, 1.82) is 0 Å². The molecule has 4 heterocycles. The number of carbonyl (C=O) groups excluding carboxylic acids is 1. The van der Waals surface area contributed by atoms with E-state index in [-0.39, 0.29) is 11.1 Å². The van der Waals surface area contributed by atoms with Gasteiger partial charge in [-0.3, -0.25) is 4.90 Å². The molecule has 0 unspecified atom stereocenters. The minimum absolute atomic E-state index is 0.0741. The maximum Gasteiger partial charge on any atom is 0.333 e. The van der Waals surface area contributed by atoms with Crippen molar-refractivity contribution in [2.45, 2.75) is 69.0 Å². The number of imidazole rings is 1. The van der Waals surface area contributed by atoms with Gasteiger partial charge < -0.3 is 9.88 Å². The lowest BCUT2D eigenvalue weighted by Crippen LogP contribution is -2.35. The van der Waals surface area contributed by atoms with Gasteiger partial charge in [-0.05, 0) is 73.6 Å². The zero-order valence-electron chi connectivity index (χ0n) is 17.5. The summed E-state index contributed by atoms with van der Waals surface area (Å²) >= 11 is 0. The number of carbonyl (C=O) groups is 1. The second-order valence-electron chi connectivity index (χ2n) is 9.20. The third-order valence-corrected chi connectivity index (χ3v) is 8.52. The van der Waals surface area contributed by atoms with Gasteiger partial charge in [0.15, 0.2) is 5.03 Å². The summed E-state index contributed by atoms with van der Waals surface area (Å²) in [5, 5.41) is 2.82. The summed E-state index contributed by atoms with van der Waals surface area (Å²) in [6.07, 6.45) is 9.65. The number of sulfonamides is 1. The molecule has 1 fully saturated rings. The summed E-state index contributed by atoms with van der Waals surface area (Å²) in [5.74, 6) is 0.763. The minimum atomic E-state index is -4.04. The fourth-order valence-corrected chi connectivity index (χ4v) is 6.68. The van der Waals surface area contributed by atoms with Gasteiger partial charge in [0.1, 0.15) is 5.82 Å². The molecule has 0 spiro atoms. The van der Waals surface area contributed by atoms with Crippen LogP contribution in [-0.4, -0.2) is 42.0 Å². The van der Waals surface area contributed by atoms with E-state index >= 15 is 0 Å². The molecule has 0 radical (unpaired) electrons. The van der Waals surface area contributed by atoms with Crippen molar-refractivity contribution in [3.05, 3.63) is 40.3 Å². The number of urea groups is 1. The molecular weight excluding hydrogens is 414 g/mol. The molecule has 8 nitrogen and oxygen atoms in total. The number of amides is 2. The Kier molecular flexibility index (Phi) is 4.40. The van der Waals surface area contributed by atoms with Gasteiger partial charge >= 0.3 is 6.03 Å². The Morgan fingerprint density at radius 1 is 1.03 bits per heavy atom. The Morgan fingerprint density at radius 3 is 2.39 bits per heavy atom. The first-order chi connectivity index (χ1) is 15.0. The molecule has 2 N–H and O–H groups in total. The van der Waals surface area contributed by atoms with Crippen LogP contribution in [0.4, 0.5) is 10.5 Å². The van der Waals surface area contributed by atoms with Crippen LogP contribution in [0.5, 0.6) is 0 Å². The molecule has 5 aliphatic rings. The first-order valence-electron chi connectivity index (χ1n) is 11.3. The molecule has 0 atom stereocenters. The first-order valence-corrected chi connectivity index (χ1v) is 12.8. The normalized spacial score (nSPS) is 23.7. The molecule has 2 aliphatic carbocycles. The lowest BCUT2D eigenvalue weighted by atomic mass is 9.99. The Bertz CT molecular complexity index is 1150. The number of anilines is 1. The van der Waals surface area contributed by atoms with E-state index < -0.39 is 16.1 Å². The summed E-state index contributed by atoms with van der Waals surface area (Å²) in [7, 11) is -4.04. The topological polar surface area (TPSA) is 96.3 Å². The molecule has 31 heavy (non-hydrogen) atoms. The van der Waals surface area contributed by atoms with Crippen LogP contribution >= 0.6 is 0 Å². The Morgan fingerprint density at radius 2 is 1.71 bits per heavy atom. The Labute approximate surface area is 182 Å².